The van der Waals surface area contributed by atoms with Crippen LogP contribution in [0, 0.1) is 0 Å². The van der Waals surface area contributed by atoms with E-state index in [4.69, 9.17) is 5.26 Å². The van der Waals surface area contributed by atoms with Crippen LogP contribution in [0.1, 0.15) is 26.2 Å². The van der Waals surface area contributed by atoms with Gasteiger partial charge in [-0.05, 0) is 12.5 Å². The molecule has 0 aliphatic carbocycles. The van der Waals surface area contributed by atoms with E-state index in [1.807, 2.05) is 12.2 Å². The molecule has 0 bridgehead atoms. The fourth-order valence-corrected chi connectivity index (χ4v) is 0.577. The van der Waals surface area contributed by atoms with E-state index in [1.165, 1.54) is 19.1 Å². The molecule has 0 atom stereocenters. The topological polar surface area (TPSA) is 29.5 Å². The number of hydrogen-bond donors (Lipinski definition) is 1. The quantitative estimate of drug-likeness (QED) is 0.210. The van der Waals surface area contributed by atoms with E-state index in [2.05, 4.69) is 11.8 Å². The second-order valence-electron chi connectivity index (χ2n) is 2.00. The summed E-state index contributed by atoms with van der Waals surface area (Å²) in [6, 6.07) is 0. The van der Waals surface area contributed by atoms with Crippen LogP contribution in [-0.4, -0.2) is 5.26 Å². The Morgan fingerprint density at radius 1 is 1.40 bits per heavy atom. The average molecular weight is 142 g/mol. The zero-order valence-corrected chi connectivity index (χ0v) is 6.29. The van der Waals surface area contributed by atoms with E-state index < -0.39 is 0 Å². The molecule has 0 aromatic rings. The zero-order valence-electron chi connectivity index (χ0n) is 6.29. The molecular formula is C8H14O2. The molecule has 2 nitrogen and oxygen atoms in total. The van der Waals surface area contributed by atoms with Crippen LogP contribution in [0.15, 0.2) is 24.5 Å². The fourth-order valence-electron chi connectivity index (χ4n) is 0.577. The van der Waals surface area contributed by atoms with E-state index in [1.54, 1.807) is 6.08 Å². The molecule has 0 unspecified atom stereocenters. The third-order valence-electron chi connectivity index (χ3n) is 1.11. The molecule has 0 saturated carbocycles. The van der Waals surface area contributed by atoms with Gasteiger partial charge in [0.25, 0.3) is 0 Å². The van der Waals surface area contributed by atoms with Crippen LogP contribution in [0.4, 0.5) is 0 Å². The van der Waals surface area contributed by atoms with Gasteiger partial charge in [-0.3, -0.25) is 0 Å². The number of rotatable bonds is 5. The van der Waals surface area contributed by atoms with Gasteiger partial charge in [0.05, 0.1) is 0 Å². The van der Waals surface area contributed by atoms with E-state index in [0.29, 0.717) is 0 Å². The maximum absolute atomic E-state index is 7.85. The van der Waals surface area contributed by atoms with Crippen molar-refractivity contribution in [2.24, 2.45) is 0 Å². The third-order valence-corrected chi connectivity index (χ3v) is 1.11. The molecule has 0 aromatic heterocycles. The van der Waals surface area contributed by atoms with Crippen molar-refractivity contribution in [3.63, 3.8) is 0 Å². The highest BCUT2D eigenvalue weighted by atomic mass is 17.1. The summed E-state index contributed by atoms with van der Waals surface area (Å²) in [7, 11) is 0. The van der Waals surface area contributed by atoms with Gasteiger partial charge in [-0.15, -0.1) is 0 Å². The van der Waals surface area contributed by atoms with Crippen molar-refractivity contribution in [3.05, 3.63) is 24.5 Å². The summed E-state index contributed by atoms with van der Waals surface area (Å²) in [5, 5.41) is 7.85. The summed E-state index contributed by atoms with van der Waals surface area (Å²) in [5.74, 6) is 0. The monoisotopic (exact) mass is 142 g/mol. The van der Waals surface area contributed by atoms with Crippen molar-refractivity contribution in [2.75, 3.05) is 0 Å². The summed E-state index contributed by atoms with van der Waals surface area (Å²) in [6.45, 7) is 2.15. The lowest BCUT2D eigenvalue weighted by atomic mass is 10.2. The van der Waals surface area contributed by atoms with Crippen LogP contribution in [-0.2, 0) is 4.89 Å². The Bertz CT molecular complexity index is 106. The Balaban J connectivity index is 3.11. The zero-order chi connectivity index (χ0) is 7.66. The van der Waals surface area contributed by atoms with Gasteiger partial charge in [-0.25, -0.2) is 5.26 Å². The van der Waals surface area contributed by atoms with Gasteiger partial charge < -0.3 is 4.89 Å². The minimum atomic E-state index is 1.09. The van der Waals surface area contributed by atoms with Gasteiger partial charge >= 0.3 is 0 Å². The Morgan fingerprint density at radius 2 is 2.20 bits per heavy atom. The van der Waals surface area contributed by atoms with Gasteiger partial charge in [0.1, 0.15) is 6.26 Å². The number of hydrogen-bond acceptors (Lipinski definition) is 2. The molecule has 58 valence electrons. The Morgan fingerprint density at radius 3 is 2.80 bits per heavy atom. The maximum Gasteiger partial charge on any atom is 0.129 e. The molecule has 0 aliphatic heterocycles. The lowest BCUT2D eigenvalue weighted by molar-refractivity contribution is -0.186. The highest BCUT2D eigenvalue weighted by Crippen LogP contribution is 1.94. The summed E-state index contributed by atoms with van der Waals surface area (Å²) < 4.78 is 0. The molecule has 0 amide bonds. The predicted molar refractivity (Wildman–Crippen MR) is 41.5 cm³/mol. The summed E-state index contributed by atoms with van der Waals surface area (Å²) in [5.41, 5.74) is 0. The first kappa shape index (κ1) is 9.24. The van der Waals surface area contributed by atoms with Crippen LogP contribution in [0.5, 0.6) is 0 Å². The van der Waals surface area contributed by atoms with E-state index in [-0.39, 0.29) is 0 Å². The first-order chi connectivity index (χ1) is 4.91. The second kappa shape index (κ2) is 8.24. The van der Waals surface area contributed by atoms with E-state index in [0.717, 1.165) is 6.42 Å². The second-order valence-corrected chi connectivity index (χ2v) is 2.00. The van der Waals surface area contributed by atoms with Crippen LogP contribution in [0.25, 0.3) is 0 Å². The van der Waals surface area contributed by atoms with Crippen LogP contribution < -0.4 is 0 Å². The molecule has 2 heteroatoms. The third kappa shape index (κ3) is 7.24. The lowest BCUT2D eigenvalue weighted by Crippen LogP contribution is -1.66. The molecule has 0 fully saturated rings. The molecule has 1 N–H and O–H groups in total. The molecule has 0 saturated heterocycles. The molecule has 0 heterocycles. The van der Waals surface area contributed by atoms with Crippen molar-refractivity contribution in [1.29, 1.82) is 0 Å². The smallest absolute Gasteiger partial charge is 0.129 e. The predicted octanol–water partition coefficient (Wildman–Crippen LogP) is 2.74. The minimum Gasteiger partial charge on any atom is -0.348 e. The highest BCUT2D eigenvalue weighted by molar-refractivity contribution is 4.99. The first-order valence-corrected chi connectivity index (χ1v) is 3.53. The SMILES string of the molecule is CCCCC=CC=COO. The van der Waals surface area contributed by atoms with E-state index in [9.17, 15) is 0 Å². The first-order valence-electron chi connectivity index (χ1n) is 3.53. The van der Waals surface area contributed by atoms with Crippen molar-refractivity contribution >= 4 is 0 Å². The van der Waals surface area contributed by atoms with Gasteiger partial charge in [0, 0.05) is 0 Å². The van der Waals surface area contributed by atoms with Crippen molar-refractivity contribution < 1.29 is 10.1 Å². The number of allylic oxidation sites excluding steroid dienone is 3. The Hall–Kier alpha value is -0.760. The highest BCUT2D eigenvalue weighted by Gasteiger charge is 1.74. The molecule has 0 aliphatic rings. The summed E-state index contributed by atoms with van der Waals surface area (Å²) in [6.07, 6.45) is 10.3. The van der Waals surface area contributed by atoms with Gasteiger partial charge in [0.2, 0.25) is 0 Å². The molecule has 0 spiro atoms. The molecule has 10 heavy (non-hydrogen) atoms. The maximum atomic E-state index is 7.85. The Labute approximate surface area is 61.8 Å². The van der Waals surface area contributed by atoms with Crippen molar-refractivity contribution in [2.45, 2.75) is 26.2 Å². The van der Waals surface area contributed by atoms with Gasteiger partial charge in [-0.1, -0.05) is 31.9 Å². The van der Waals surface area contributed by atoms with Crippen LogP contribution >= 0.6 is 0 Å². The standard InChI is InChI=1S/C8H14O2/c1-2-3-4-5-6-7-8-10-9/h5-9H,2-4H2,1H3. The summed E-state index contributed by atoms with van der Waals surface area (Å²) in [4.78, 5) is 3.72. The molecule has 0 radical (unpaired) electrons. The molecule has 0 aromatic carbocycles. The fraction of sp³-hybridized carbons (Fsp3) is 0.500. The van der Waals surface area contributed by atoms with Crippen LogP contribution in [0.2, 0.25) is 0 Å². The van der Waals surface area contributed by atoms with Gasteiger partial charge in [-0.2, -0.15) is 0 Å². The normalized spacial score (nSPS) is 11.4. The largest absolute Gasteiger partial charge is 0.348 e. The van der Waals surface area contributed by atoms with E-state index >= 15 is 0 Å². The molecular weight excluding hydrogens is 128 g/mol. The van der Waals surface area contributed by atoms with Crippen molar-refractivity contribution in [1.82, 2.24) is 0 Å². The Kier molecular flexibility index (Phi) is 7.61. The minimum absolute atomic E-state index is 1.09. The molecule has 0 rings (SSSR count). The van der Waals surface area contributed by atoms with Crippen LogP contribution in [0.3, 0.4) is 0 Å². The average Bonchev–Trinajstić information content (AvgIpc) is 1.97. The number of unbranched alkanes of at least 4 members (excludes halogenated alkanes) is 2. The van der Waals surface area contributed by atoms with Gasteiger partial charge in [0.15, 0.2) is 0 Å². The summed E-state index contributed by atoms with van der Waals surface area (Å²) >= 11 is 0. The van der Waals surface area contributed by atoms with Crippen molar-refractivity contribution in [3.8, 4) is 0 Å². The lowest BCUT2D eigenvalue weighted by Gasteiger charge is -1.85.